The minimum absolute atomic E-state index is 0.829. The lowest BCUT2D eigenvalue weighted by Gasteiger charge is -2.22. The van der Waals surface area contributed by atoms with E-state index in [9.17, 15) is 0 Å². The molecule has 0 aliphatic heterocycles. The number of rotatable bonds is 12. The van der Waals surface area contributed by atoms with Gasteiger partial charge in [0, 0.05) is 26.7 Å². The van der Waals surface area contributed by atoms with Gasteiger partial charge in [-0.1, -0.05) is 0 Å². The van der Waals surface area contributed by atoms with Crippen molar-refractivity contribution in [3.8, 4) is 0 Å². The summed E-state index contributed by atoms with van der Waals surface area (Å²) in [4.78, 5) is 2.74. The molecule has 2 saturated carbocycles. The second-order valence-electron chi connectivity index (χ2n) is 6.10. The molecule has 0 heterocycles. The van der Waals surface area contributed by atoms with Gasteiger partial charge in [0.2, 0.25) is 0 Å². The van der Waals surface area contributed by atoms with Gasteiger partial charge < -0.3 is 15.0 Å². The molecule has 3 heteroatoms. The first kappa shape index (κ1) is 14.3. The molecular weight excluding hydrogens is 224 g/mol. The van der Waals surface area contributed by atoms with E-state index in [0.29, 0.717) is 0 Å². The number of nitrogens with one attached hydrogen (secondary N) is 1. The van der Waals surface area contributed by atoms with E-state index in [-0.39, 0.29) is 0 Å². The molecule has 0 aromatic heterocycles. The minimum atomic E-state index is 0.829. The van der Waals surface area contributed by atoms with Crippen LogP contribution in [0.4, 0.5) is 0 Å². The Morgan fingerprint density at radius 3 is 2.22 bits per heavy atom. The molecule has 0 aromatic rings. The number of ether oxygens (including phenoxy) is 1. The Kier molecular flexibility index (Phi) is 6.46. The maximum atomic E-state index is 5.02. The molecule has 2 aliphatic carbocycles. The van der Waals surface area contributed by atoms with Crippen LogP contribution in [0.25, 0.3) is 0 Å². The van der Waals surface area contributed by atoms with Crippen molar-refractivity contribution < 1.29 is 4.74 Å². The van der Waals surface area contributed by atoms with Gasteiger partial charge in [-0.3, -0.25) is 0 Å². The highest BCUT2D eigenvalue weighted by atomic mass is 16.5. The van der Waals surface area contributed by atoms with Crippen molar-refractivity contribution >= 4 is 0 Å². The average molecular weight is 254 g/mol. The SMILES string of the molecule is COCCNCCCCN(CC1CC1)CC1CC1. The van der Waals surface area contributed by atoms with E-state index in [1.807, 2.05) is 0 Å². The van der Waals surface area contributed by atoms with E-state index in [4.69, 9.17) is 4.74 Å². The molecule has 0 atom stereocenters. The van der Waals surface area contributed by atoms with Crippen molar-refractivity contribution in [3.05, 3.63) is 0 Å². The van der Waals surface area contributed by atoms with E-state index in [1.54, 1.807) is 7.11 Å². The molecule has 3 nitrogen and oxygen atoms in total. The van der Waals surface area contributed by atoms with E-state index in [0.717, 1.165) is 31.5 Å². The normalized spacial score (nSPS) is 19.7. The van der Waals surface area contributed by atoms with Crippen LogP contribution in [-0.2, 0) is 4.74 Å². The Labute approximate surface area is 112 Å². The molecule has 1 N–H and O–H groups in total. The maximum absolute atomic E-state index is 5.02. The second kappa shape index (κ2) is 8.13. The summed E-state index contributed by atoms with van der Waals surface area (Å²) in [5.41, 5.74) is 0. The Balaban J connectivity index is 1.45. The van der Waals surface area contributed by atoms with Crippen LogP contribution in [0.1, 0.15) is 38.5 Å². The Morgan fingerprint density at radius 1 is 1.00 bits per heavy atom. The predicted molar refractivity (Wildman–Crippen MR) is 75.9 cm³/mol. The van der Waals surface area contributed by atoms with Gasteiger partial charge in [-0.25, -0.2) is 0 Å². The van der Waals surface area contributed by atoms with Crippen LogP contribution in [0.2, 0.25) is 0 Å². The smallest absolute Gasteiger partial charge is 0.0587 e. The van der Waals surface area contributed by atoms with Crippen LogP contribution in [0.15, 0.2) is 0 Å². The molecule has 0 unspecified atom stereocenters. The highest BCUT2D eigenvalue weighted by Crippen LogP contribution is 2.33. The van der Waals surface area contributed by atoms with Gasteiger partial charge in [0.1, 0.15) is 0 Å². The monoisotopic (exact) mass is 254 g/mol. The van der Waals surface area contributed by atoms with E-state index < -0.39 is 0 Å². The maximum Gasteiger partial charge on any atom is 0.0587 e. The molecule has 0 amide bonds. The summed E-state index contributed by atoms with van der Waals surface area (Å²) in [5.74, 6) is 2.09. The number of hydrogen-bond donors (Lipinski definition) is 1. The van der Waals surface area contributed by atoms with Crippen LogP contribution < -0.4 is 5.32 Å². The molecule has 0 radical (unpaired) electrons. The van der Waals surface area contributed by atoms with Crippen LogP contribution in [0, 0.1) is 11.8 Å². The summed E-state index contributed by atoms with van der Waals surface area (Å²) in [6, 6.07) is 0. The van der Waals surface area contributed by atoms with Crippen molar-refractivity contribution in [1.82, 2.24) is 10.2 Å². The number of nitrogens with zero attached hydrogens (tertiary/aromatic N) is 1. The molecule has 0 spiro atoms. The van der Waals surface area contributed by atoms with Crippen molar-refractivity contribution in [1.29, 1.82) is 0 Å². The first-order chi connectivity index (χ1) is 8.88. The van der Waals surface area contributed by atoms with Gasteiger partial charge in [0.15, 0.2) is 0 Å². The average Bonchev–Trinajstić information content (AvgIpc) is 3.23. The largest absolute Gasteiger partial charge is 0.383 e. The van der Waals surface area contributed by atoms with Gasteiger partial charge in [-0.05, 0) is 63.5 Å². The molecule has 2 fully saturated rings. The zero-order valence-electron chi connectivity index (χ0n) is 12.0. The third kappa shape index (κ3) is 6.72. The number of unbranched alkanes of at least 4 members (excludes halogenated alkanes) is 1. The van der Waals surface area contributed by atoms with Crippen molar-refractivity contribution in [2.24, 2.45) is 11.8 Å². The van der Waals surface area contributed by atoms with Gasteiger partial charge in [-0.2, -0.15) is 0 Å². The summed E-state index contributed by atoms with van der Waals surface area (Å²) in [6.45, 7) is 7.05. The lowest BCUT2D eigenvalue weighted by molar-refractivity contribution is 0.199. The molecular formula is C15H30N2O. The Hall–Kier alpha value is -0.120. The van der Waals surface area contributed by atoms with Crippen molar-refractivity contribution in [2.45, 2.75) is 38.5 Å². The third-order valence-corrected chi connectivity index (χ3v) is 3.99. The fourth-order valence-corrected chi connectivity index (χ4v) is 2.47. The predicted octanol–water partition coefficient (Wildman–Crippen LogP) is 2.12. The van der Waals surface area contributed by atoms with Crippen molar-refractivity contribution in [3.63, 3.8) is 0 Å². The van der Waals surface area contributed by atoms with E-state index >= 15 is 0 Å². The Bertz CT molecular complexity index is 201. The standard InChI is InChI=1S/C15H30N2O/c1-18-11-9-16-8-2-3-10-17(12-14-4-5-14)13-15-6-7-15/h14-16H,2-13H2,1H3. The van der Waals surface area contributed by atoms with Gasteiger partial charge >= 0.3 is 0 Å². The summed E-state index contributed by atoms with van der Waals surface area (Å²) >= 11 is 0. The number of methoxy groups -OCH3 is 1. The quantitative estimate of drug-likeness (QED) is 0.540. The molecule has 0 bridgehead atoms. The summed E-state index contributed by atoms with van der Waals surface area (Å²) in [5, 5.41) is 3.42. The first-order valence-electron chi connectivity index (χ1n) is 7.80. The van der Waals surface area contributed by atoms with E-state index in [1.165, 1.54) is 58.2 Å². The van der Waals surface area contributed by atoms with Gasteiger partial charge in [0.05, 0.1) is 6.61 Å². The van der Waals surface area contributed by atoms with E-state index in [2.05, 4.69) is 10.2 Å². The topological polar surface area (TPSA) is 24.5 Å². The lowest BCUT2D eigenvalue weighted by atomic mass is 10.2. The molecule has 0 saturated heterocycles. The molecule has 2 aliphatic rings. The molecule has 2 rings (SSSR count). The van der Waals surface area contributed by atoms with Crippen LogP contribution in [-0.4, -0.2) is 51.3 Å². The van der Waals surface area contributed by atoms with Gasteiger partial charge in [0.25, 0.3) is 0 Å². The third-order valence-electron chi connectivity index (χ3n) is 3.99. The molecule has 0 aromatic carbocycles. The fraction of sp³-hybridized carbons (Fsp3) is 1.00. The second-order valence-corrected chi connectivity index (χ2v) is 6.10. The summed E-state index contributed by atoms with van der Waals surface area (Å²) in [6.07, 6.45) is 8.59. The summed E-state index contributed by atoms with van der Waals surface area (Å²) in [7, 11) is 1.76. The lowest BCUT2D eigenvalue weighted by Crippen LogP contribution is -2.30. The zero-order valence-corrected chi connectivity index (χ0v) is 12.0. The fourth-order valence-electron chi connectivity index (χ4n) is 2.47. The highest BCUT2D eigenvalue weighted by molar-refractivity contribution is 4.82. The minimum Gasteiger partial charge on any atom is -0.383 e. The highest BCUT2D eigenvalue weighted by Gasteiger charge is 2.28. The molecule has 18 heavy (non-hydrogen) atoms. The van der Waals surface area contributed by atoms with Crippen LogP contribution in [0.3, 0.4) is 0 Å². The van der Waals surface area contributed by atoms with Crippen LogP contribution >= 0.6 is 0 Å². The van der Waals surface area contributed by atoms with Gasteiger partial charge in [-0.15, -0.1) is 0 Å². The molecule has 106 valence electrons. The van der Waals surface area contributed by atoms with Crippen LogP contribution in [0.5, 0.6) is 0 Å². The number of hydrogen-bond acceptors (Lipinski definition) is 3. The Morgan fingerprint density at radius 2 is 1.67 bits per heavy atom. The summed E-state index contributed by atoms with van der Waals surface area (Å²) < 4.78 is 5.02. The zero-order chi connectivity index (χ0) is 12.6. The van der Waals surface area contributed by atoms with Crippen molar-refractivity contribution in [2.75, 3.05) is 46.4 Å². The first-order valence-corrected chi connectivity index (χ1v) is 7.80.